The SMILES string of the molecule is Cc1ccc(NC(=O)N2C3C[C@@H](C)CC2(c2ncccn2)C3)cc1-c1ncc(F)cn1. The molecule has 2 aliphatic heterocycles. The lowest BCUT2D eigenvalue weighted by molar-refractivity contribution is -0.100. The van der Waals surface area contributed by atoms with Crippen LogP contribution in [0.1, 0.15) is 37.6 Å². The molecule has 2 fully saturated rings. The highest BCUT2D eigenvalue weighted by molar-refractivity contribution is 5.92. The molecule has 2 aliphatic rings. The summed E-state index contributed by atoms with van der Waals surface area (Å²) in [6.45, 7) is 4.14. The number of urea groups is 1. The first-order valence-electron chi connectivity index (χ1n) is 10.4. The summed E-state index contributed by atoms with van der Waals surface area (Å²) in [5, 5.41) is 3.03. The van der Waals surface area contributed by atoms with Crippen LogP contribution in [0.2, 0.25) is 0 Å². The Morgan fingerprint density at radius 3 is 2.65 bits per heavy atom. The third-order valence-electron chi connectivity index (χ3n) is 6.31. The first kappa shape index (κ1) is 19.5. The molecule has 0 spiro atoms. The molecule has 1 N–H and O–H groups in total. The number of aryl methyl sites for hydroxylation is 1. The summed E-state index contributed by atoms with van der Waals surface area (Å²) in [4.78, 5) is 32.4. The van der Waals surface area contributed by atoms with Gasteiger partial charge in [0.2, 0.25) is 0 Å². The average molecular weight is 418 g/mol. The topological polar surface area (TPSA) is 83.9 Å². The third-order valence-corrected chi connectivity index (χ3v) is 6.31. The zero-order valence-corrected chi connectivity index (χ0v) is 17.4. The smallest absolute Gasteiger partial charge is 0.308 e. The van der Waals surface area contributed by atoms with Gasteiger partial charge in [-0.15, -0.1) is 0 Å². The van der Waals surface area contributed by atoms with Gasteiger partial charge in [0.25, 0.3) is 0 Å². The fourth-order valence-corrected chi connectivity index (χ4v) is 5.08. The molecule has 8 heteroatoms. The predicted octanol–water partition coefficient (Wildman–Crippen LogP) is 4.31. The minimum atomic E-state index is -0.488. The molecule has 2 aromatic heterocycles. The molecule has 0 aliphatic carbocycles. The molecule has 158 valence electrons. The summed E-state index contributed by atoms with van der Waals surface area (Å²) >= 11 is 0. The molecular weight excluding hydrogens is 395 g/mol. The van der Waals surface area contributed by atoms with Crippen LogP contribution in [0.25, 0.3) is 11.4 Å². The van der Waals surface area contributed by atoms with Crippen LogP contribution in [-0.4, -0.2) is 36.9 Å². The van der Waals surface area contributed by atoms with Crippen molar-refractivity contribution in [2.75, 3.05) is 5.32 Å². The van der Waals surface area contributed by atoms with Crippen molar-refractivity contribution in [1.82, 2.24) is 24.8 Å². The Morgan fingerprint density at radius 1 is 1.16 bits per heavy atom. The number of rotatable bonds is 3. The van der Waals surface area contributed by atoms with Crippen LogP contribution in [0.3, 0.4) is 0 Å². The standard InChI is InChI=1S/C23H23FN6O/c1-14-8-18-11-23(10-14,21-25-6-3-7-26-21)30(18)22(31)29-17-5-4-15(2)19(9-17)20-27-12-16(24)13-28-20/h3-7,9,12-14,18H,8,10-11H2,1-2H3,(H,29,31)/t14-,18?,23?/m1/s1. The first-order chi connectivity index (χ1) is 15.0. The van der Waals surface area contributed by atoms with Gasteiger partial charge in [0, 0.05) is 29.7 Å². The molecule has 3 atom stereocenters. The Balaban J connectivity index is 1.42. The maximum Gasteiger partial charge on any atom is 0.322 e. The second-order valence-electron chi connectivity index (χ2n) is 8.56. The van der Waals surface area contributed by atoms with Crippen LogP contribution in [0.15, 0.2) is 49.1 Å². The fraction of sp³-hybridized carbons (Fsp3) is 0.348. The Hall–Kier alpha value is -3.42. The maximum absolute atomic E-state index is 13.3. The van der Waals surface area contributed by atoms with Crippen LogP contribution in [0.4, 0.5) is 14.9 Å². The van der Waals surface area contributed by atoms with E-state index in [0.29, 0.717) is 23.3 Å². The summed E-state index contributed by atoms with van der Waals surface area (Å²) in [7, 11) is 0. The van der Waals surface area contributed by atoms with Gasteiger partial charge in [0.15, 0.2) is 17.5 Å². The number of fused-ring (bicyclic) bond motifs is 2. The Morgan fingerprint density at radius 2 is 1.90 bits per heavy atom. The van der Waals surface area contributed by atoms with Crippen LogP contribution >= 0.6 is 0 Å². The highest BCUT2D eigenvalue weighted by Crippen LogP contribution is 2.54. The molecule has 1 aromatic carbocycles. The molecule has 0 radical (unpaired) electrons. The van der Waals surface area contributed by atoms with Crippen LogP contribution < -0.4 is 5.32 Å². The second-order valence-corrected chi connectivity index (χ2v) is 8.56. The van der Waals surface area contributed by atoms with Crippen molar-refractivity contribution in [3.63, 3.8) is 0 Å². The second kappa shape index (κ2) is 7.37. The average Bonchev–Trinajstić information content (AvgIpc) is 2.76. The molecule has 31 heavy (non-hydrogen) atoms. The molecule has 2 bridgehead atoms. The van der Waals surface area contributed by atoms with Crippen molar-refractivity contribution in [2.45, 2.75) is 44.7 Å². The van der Waals surface area contributed by atoms with Gasteiger partial charge in [-0.3, -0.25) is 0 Å². The number of carbonyl (C=O) groups excluding carboxylic acids is 1. The van der Waals surface area contributed by atoms with E-state index >= 15 is 0 Å². The number of aromatic nitrogens is 4. The summed E-state index contributed by atoms with van der Waals surface area (Å²) in [6.07, 6.45) is 8.45. The third kappa shape index (κ3) is 3.32. The zero-order valence-electron chi connectivity index (χ0n) is 17.4. The number of hydrogen-bond donors (Lipinski definition) is 1. The van der Waals surface area contributed by atoms with Crippen LogP contribution in [0.5, 0.6) is 0 Å². The highest BCUT2D eigenvalue weighted by Gasteiger charge is 2.60. The number of halogens is 1. The van der Waals surface area contributed by atoms with E-state index in [2.05, 4.69) is 32.2 Å². The van der Waals surface area contributed by atoms with E-state index in [-0.39, 0.29) is 12.1 Å². The Kier molecular flexibility index (Phi) is 4.64. The normalized spacial score (nSPS) is 24.4. The zero-order chi connectivity index (χ0) is 21.6. The quantitative estimate of drug-likeness (QED) is 0.685. The molecule has 4 heterocycles. The number of nitrogens with zero attached hydrogens (tertiary/aromatic N) is 5. The van der Waals surface area contributed by atoms with E-state index < -0.39 is 11.4 Å². The molecule has 5 rings (SSSR count). The van der Waals surface area contributed by atoms with Gasteiger partial charge in [-0.25, -0.2) is 29.1 Å². The largest absolute Gasteiger partial charge is 0.322 e. The van der Waals surface area contributed by atoms with Gasteiger partial charge >= 0.3 is 6.03 Å². The van der Waals surface area contributed by atoms with Gasteiger partial charge in [-0.05, 0) is 55.9 Å². The van der Waals surface area contributed by atoms with Gasteiger partial charge < -0.3 is 10.2 Å². The lowest BCUT2D eigenvalue weighted by atomic mass is 9.64. The molecule has 3 aromatic rings. The Labute approximate surface area is 179 Å². The van der Waals surface area contributed by atoms with Crippen molar-refractivity contribution in [2.24, 2.45) is 5.92 Å². The van der Waals surface area contributed by atoms with Crippen molar-refractivity contribution in [1.29, 1.82) is 0 Å². The van der Waals surface area contributed by atoms with E-state index in [1.165, 1.54) is 0 Å². The summed E-state index contributed by atoms with van der Waals surface area (Å²) in [6, 6.07) is 7.38. The maximum atomic E-state index is 13.3. The number of nitrogens with one attached hydrogen (secondary N) is 1. The molecule has 7 nitrogen and oxygen atoms in total. The monoisotopic (exact) mass is 418 g/mol. The molecule has 2 amide bonds. The molecular formula is C23H23FN6O. The number of piperidine rings is 1. The van der Waals surface area contributed by atoms with Crippen molar-refractivity contribution in [3.05, 3.63) is 66.3 Å². The fourth-order valence-electron chi connectivity index (χ4n) is 5.08. The molecule has 0 saturated carbocycles. The van der Waals surface area contributed by atoms with Gasteiger partial charge in [-0.2, -0.15) is 0 Å². The predicted molar refractivity (Wildman–Crippen MR) is 114 cm³/mol. The van der Waals surface area contributed by atoms with Gasteiger partial charge in [0.05, 0.1) is 12.4 Å². The lowest BCUT2D eigenvalue weighted by Gasteiger charge is -2.62. The Bertz CT molecular complexity index is 1120. The van der Waals surface area contributed by atoms with E-state index in [1.807, 2.05) is 30.0 Å². The number of amides is 2. The van der Waals surface area contributed by atoms with Crippen LogP contribution in [0, 0.1) is 18.7 Å². The number of benzene rings is 1. The van der Waals surface area contributed by atoms with E-state index in [9.17, 15) is 9.18 Å². The van der Waals surface area contributed by atoms with E-state index in [4.69, 9.17) is 0 Å². The number of carbonyl (C=O) groups is 1. The minimum absolute atomic E-state index is 0.162. The number of hydrogen-bond acceptors (Lipinski definition) is 5. The van der Waals surface area contributed by atoms with Crippen LogP contribution in [-0.2, 0) is 5.54 Å². The summed E-state index contributed by atoms with van der Waals surface area (Å²) < 4.78 is 13.2. The summed E-state index contributed by atoms with van der Waals surface area (Å²) in [5.74, 6) is 1.14. The van der Waals surface area contributed by atoms with Gasteiger partial charge in [-0.1, -0.05) is 13.0 Å². The van der Waals surface area contributed by atoms with Crippen molar-refractivity contribution in [3.8, 4) is 11.4 Å². The van der Waals surface area contributed by atoms with E-state index in [1.54, 1.807) is 18.5 Å². The summed E-state index contributed by atoms with van der Waals surface area (Å²) in [5.41, 5.74) is 1.87. The molecule has 2 unspecified atom stereocenters. The number of anilines is 1. The first-order valence-corrected chi connectivity index (χ1v) is 10.4. The van der Waals surface area contributed by atoms with E-state index in [0.717, 1.165) is 42.8 Å². The minimum Gasteiger partial charge on any atom is -0.308 e. The van der Waals surface area contributed by atoms with Crippen molar-refractivity contribution >= 4 is 11.7 Å². The molecule has 2 saturated heterocycles. The lowest BCUT2D eigenvalue weighted by Crippen LogP contribution is -2.70. The highest BCUT2D eigenvalue weighted by atomic mass is 19.1. The van der Waals surface area contributed by atoms with Crippen molar-refractivity contribution < 1.29 is 9.18 Å². The van der Waals surface area contributed by atoms with Gasteiger partial charge in [0.1, 0.15) is 5.54 Å².